The summed E-state index contributed by atoms with van der Waals surface area (Å²) in [6.45, 7) is 1.90. The molecule has 0 atom stereocenters. The van der Waals surface area contributed by atoms with Gasteiger partial charge in [-0.05, 0) is 60.7 Å². The zero-order chi connectivity index (χ0) is 18.1. The number of hydrogen-bond acceptors (Lipinski definition) is 6. The normalized spacial score (nSPS) is 16.3. The second-order valence-electron chi connectivity index (χ2n) is 6.75. The molecule has 26 heavy (non-hydrogen) atoms. The molecule has 2 saturated carbocycles. The highest BCUT2D eigenvalue weighted by atomic mass is 32.2. The number of nitrogens with one attached hydrogen (secondary N) is 2. The Morgan fingerprint density at radius 2 is 2.08 bits per heavy atom. The highest BCUT2D eigenvalue weighted by molar-refractivity contribution is 7.99. The molecule has 0 radical (unpaired) electrons. The van der Waals surface area contributed by atoms with E-state index < -0.39 is 0 Å². The van der Waals surface area contributed by atoms with E-state index in [1.807, 2.05) is 13.0 Å². The van der Waals surface area contributed by atoms with Crippen LogP contribution in [0.15, 0.2) is 23.4 Å². The number of carbonyl (C=O) groups excluding carboxylic acids is 2. The summed E-state index contributed by atoms with van der Waals surface area (Å²) >= 11 is 1.32. The maximum absolute atomic E-state index is 12.3. The van der Waals surface area contributed by atoms with Crippen molar-refractivity contribution in [3.63, 3.8) is 0 Å². The number of nitrogens with zero attached hydrogens (tertiary/aromatic N) is 4. The number of hydrogen-bond donors (Lipinski definition) is 2. The van der Waals surface area contributed by atoms with E-state index in [9.17, 15) is 9.59 Å². The van der Waals surface area contributed by atoms with Gasteiger partial charge in [-0.3, -0.25) is 9.59 Å². The van der Waals surface area contributed by atoms with E-state index in [4.69, 9.17) is 0 Å². The molecule has 2 aromatic rings. The van der Waals surface area contributed by atoms with E-state index in [1.54, 1.807) is 16.8 Å². The van der Waals surface area contributed by atoms with Gasteiger partial charge in [-0.1, -0.05) is 17.8 Å². The molecule has 2 amide bonds. The van der Waals surface area contributed by atoms with Gasteiger partial charge in [0, 0.05) is 17.3 Å². The lowest BCUT2D eigenvalue weighted by Gasteiger charge is -2.11. The maximum atomic E-state index is 12.3. The van der Waals surface area contributed by atoms with Gasteiger partial charge < -0.3 is 10.6 Å². The second kappa shape index (κ2) is 7.06. The van der Waals surface area contributed by atoms with Crippen molar-refractivity contribution in [2.75, 3.05) is 11.1 Å². The van der Waals surface area contributed by atoms with Crippen molar-refractivity contribution in [2.45, 2.75) is 49.8 Å². The molecule has 1 aromatic heterocycles. The van der Waals surface area contributed by atoms with Crippen LogP contribution in [-0.4, -0.2) is 43.8 Å². The molecular weight excluding hydrogens is 352 g/mol. The summed E-state index contributed by atoms with van der Waals surface area (Å²) in [6.07, 6.45) is 4.25. The van der Waals surface area contributed by atoms with Crippen molar-refractivity contribution in [3.05, 3.63) is 29.3 Å². The summed E-state index contributed by atoms with van der Waals surface area (Å²) in [5, 5.41) is 18.1. The smallest absolute Gasteiger partial charge is 0.251 e. The fraction of sp³-hybridized carbons (Fsp3) is 0.471. The summed E-state index contributed by atoms with van der Waals surface area (Å²) < 4.78 is 1.78. The van der Waals surface area contributed by atoms with Gasteiger partial charge in [0.15, 0.2) is 0 Å². The molecule has 9 heteroatoms. The van der Waals surface area contributed by atoms with Crippen LogP contribution in [0, 0.1) is 6.92 Å². The number of aromatic nitrogens is 4. The van der Waals surface area contributed by atoms with Gasteiger partial charge in [0.05, 0.1) is 11.8 Å². The van der Waals surface area contributed by atoms with Crippen molar-refractivity contribution in [3.8, 4) is 0 Å². The lowest BCUT2D eigenvalue weighted by molar-refractivity contribution is -0.113. The van der Waals surface area contributed by atoms with Gasteiger partial charge in [-0.2, -0.15) is 0 Å². The van der Waals surface area contributed by atoms with E-state index >= 15 is 0 Å². The first kappa shape index (κ1) is 17.0. The van der Waals surface area contributed by atoms with Crippen molar-refractivity contribution in [1.29, 1.82) is 0 Å². The van der Waals surface area contributed by atoms with Crippen LogP contribution in [0.25, 0.3) is 0 Å². The second-order valence-corrected chi connectivity index (χ2v) is 7.69. The molecule has 2 aliphatic rings. The molecule has 0 bridgehead atoms. The predicted octanol–water partition coefficient (Wildman–Crippen LogP) is 1.94. The topological polar surface area (TPSA) is 102 Å². The highest BCUT2D eigenvalue weighted by Gasteiger charge is 2.28. The quantitative estimate of drug-likeness (QED) is 0.720. The van der Waals surface area contributed by atoms with E-state index in [2.05, 4.69) is 26.2 Å². The largest absolute Gasteiger partial charge is 0.349 e. The average molecular weight is 372 g/mol. The van der Waals surface area contributed by atoms with Crippen LogP contribution in [0.1, 0.15) is 47.6 Å². The minimum absolute atomic E-state index is 0.0963. The molecule has 0 spiro atoms. The van der Waals surface area contributed by atoms with Gasteiger partial charge in [-0.25, -0.2) is 4.68 Å². The first-order chi connectivity index (χ1) is 12.6. The molecule has 8 nitrogen and oxygen atoms in total. The lowest BCUT2D eigenvalue weighted by Crippen LogP contribution is -2.25. The summed E-state index contributed by atoms with van der Waals surface area (Å²) in [7, 11) is 0. The first-order valence-corrected chi connectivity index (χ1v) is 9.71. The van der Waals surface area contributed by atoms with Crippen LogP contribution < -0.4 is 10.6 Å². The van der Waals surface area contributed by atoms with Crippen LogP contribution in [0.5, 0.6) is 0 Å². The predicted molar refractivity (Wildman–Crippen MR) is 97.1 cm³/mol. The summed E-state index contributed by atoms with van der Waals surface area (Å²) in [6, 6.07) is 6.03. The van der Waals surface area contributed by atoms with Crippen molar-refractivity contribution >= 4 is 29.3 Å². The first-order valence-electron chi connectivity index (χ1n) is 8.72. The Balaban J connectivity index is 1.37. The SMILES string of the molecule is Cc1ccc(C(=O)NC2CC2)cc1NC(=O)CSc1nnnn1C1CC1. The Labute approximate surface area is 155 Å². The molecule has 0 saturated heterocycles. The molecule has 2 N–H and O–H groups in total. The van der Waals surface area contributed by atoms with E-state index in [1.165, 1.54) is 11.8 Å². The van der Waals surface area contributed by atoms with Crippen LogP contribution in [0.4, 0.5) is 5.69 Å². The number of benzene rings is 1. The van der Waals surface area contributed by atoms with Crippen LogP contribution >= 0.6 is 11.8 Å². The minimum Gasteiger partial charge on any atom is -0.349 e. The zero-order valence-corrected chi connectivity index (χ0v) is 15.3. The molecule has 0 unspecified atom stereocenters. The van der Waals surface area contributed by atoms with Gasteiger partial charge in [0.2, 0.25) is 11.1 Å². The van der Waals surface area contributed by atoms with Crippen molar-refractivity contribution in [1.82, 2.24) is 25.5 Å². The Kier molecular flexibility index (Phi) is 4.62. The number of rotatable bonds is 7. The van der Waals surface area contributed by atoms with Crippen LogP contribution in [-0.2, 0) is 4.79 Å². The number of tetrazole rings is 1. The monoisotopic (exact) mass is 372 g/mol. The number of carbonyl (C=O) groups is 2. The van der Waals surface area contributed by atoms with E-state index in [-0.39, 0.29) is 17.6 Å². The summed E-state index contributed by atoms with van der Waals surface area (Å²) in [5.74, 6) is -0.0328. The highest BCUT2D eigenvalue weighted by Crippen LogP contribution is 2.36. The fourth-order valence-corrected chi connectivity index (χ4v) is 3.28. The zero-order valence-electron chi connectivity index (χ0n) is 14.4. The lowest BCUT2D eigenvalue weighted by atomic mass is 10.1. The Morgan fingerprint density at radius 3 is 2.81 bits per heavy atom. The molecule has 2 aliphatic carbocycles. The summed E-state index contributed by atoms with van der Waals surface area (Å²) in [4.78, 5) is 24.5. The minimum atomic E-state index is -0.150. The third-order valence-corrected chi connectivity index (χ3v) is 5.31. The van der Waals surface area contributed by atoms with Crippen molar-refractivity contribution < 1.29 is 9.59 Å². The third kappa shape index (κ3) is 4.04. The average Bonchev–Trinajstić information content (AvgIpc) is 3.55. The Hall–Kier alpha value is -2.42. The molecular formula is C17H20N6O2S. The number of anilines is 1. The van der Waals surface area contributed by atoms with Gasteiger partial charge in [0.1, 0.15) is 0 Å². The molecule has 2 fully saturated rings. The standard InChI is InChI=1S/C17H20N6O2S/c1-10-2-3-11(16(25)18-12-4-5-12)8-14(10)19-15(24)9-26-17-20-21-22-23(17)13-6-7-13/h2-3,8,12-13H,4-7,9H2,1H3,(H,18,25)(H,19,24). The number of aryl methyl sites for hydroxylation is 1. The molecule has 1 heterocycles. The Morgan fingerprint density at radius 1 is 1.27 bits per heavy atom. The maximum Gasteiger partial charge on any atom is 0.251 e. The molecule has 0 aliphatic heterocycles. The van der Waals surface area contributed by atoms with Gasteiger partial charge in [0.25, 0.3) is 5.91 Å². The third-order valence-electron chi connectivity index (χ3n) is 4.37. The summed E-state index contributed by atoms with van der Waals surface area (Å²) in [5.41, 5.74) is 2.12. The molecule has 136 valence electrons. The Bertz CT molecular complexity index is 844. The van der Waals surface area contributed by atoms with Gasteiger partial charge >= 0.3 is 0 Å². The molecule has 4 rings (SSSR count). The van der Waals surface area contributed by atoms with Crippen LogP contribution in [0.2, 0.25) is 0 Å². The van der Waals surface area contributed by atoms with E-state index in [0.717, 1.165) is 31.2 Å². The number of amides is 2. The molecule has 1 aromatic carbocycles. The van der Waals surface area contributed by atoms with E-state index in [0.29, 0.717) is 28.5 Å². The van der Waals surface area contributed by atoms with Crippen LogP contribution in [0.3, 0.4) is 0 Å². The number of thioether (sulfide) groups is 1. The van der Waals surface area contributed by atoms with Gasteiger partial charge in [-0.15, -0.1) is 5.10 Å². The fourth-order valence-electron chi connectivity index (χ4n) is 2.54. The van der Waals surface area contributed by atoms with Crippen molar-refractivity contribution in [2.24, 2.45) is 0 Å².